The summed E-state index contributed by atoms with van der Waals surface area (Å²) in [4.78, 5) is 8.25. The van der Waals surface area contributed by atoms with Crippen LogP contribution in [0.4, 0.5) is 0 Å². The predicted molar refractivity (Wildman–Crippen MR) is 26.3 cm³/mol. The Morgan fingerprint density at radius 3 is 1.56 bits per heavy atom. The minimum absolute atomic E-state index is 0. The largest absolute Gasteiger partial charge is 1.00 e. The van der Waals surface area contributed by atoms with Gasteiger partial charge in [0.2, 0.25) is 0 Å². The third-order valence-corrected chi connectivity index (χ3v) is 0. The summed E-state index contributed by atoms with van der Waals surface area (Å²) < 4.78 is 0. The molecule has 0 rings (SSSR count). The Labute approximate surface area is 115 Å². The van der Waals surface area contributed by atoms with Crippen LogP contribution in [-0.4, -0.2) is 10.2 Å². The van der Waals surface area contributed by atoms with Crippen molar-refractivity contribution in [3.05, 3.63) is 20.7 Å². The first-order valence-electron chi connectivity index (χ1n) is 0.975. The van der Waals surface area contributed by atoms with E-state index in [0.29, 0.717) is 0 Å². The summed E-state index contributed by atoms with van der Waals surface area (Å²) in [5.74, 6) is 0. The number of rotatable bonds is 0. The van der Waals surface area contributed by atoms with Crippen LogP contribution in [0.5, 0.6) is 0 Å². The Balaban J connectivity index is -0.0000000233. The standard InChI is InChI=1S/CNS.Ag.K.NO3/c2-1-3;;;2-1(3)4/q-1;2*+1;-1. The van der Waals surface area contributed by atoms with Crippen molar-refractivity contribution in [2.45, 2.75) is 0 Å². The topological polar surface area (TPSA) is 88.5 Å². The molecule has 0 amide bonds. The Kier molecular flexibility index (Phi) is 56.7. The van der Waals surface area contributed by atoms with Crippen molar-refractivity contribution in [3.8, 4) is 0 Å². The molecular formula is CAgKN2O3S. The van der Waals surface area contributed by atoms with Crippen molar-refractivity contribution in [1.29, 1.82) is 0 Å². The first kappa shape index (κ1) is 22.4. The van der Waals surface area contributed by atoms with E-state index in [0.717, 1.165) is 0 Å². The number of isothiocyanates is 1. The molecule has 0 saturated heterocycles. The van der Waals surface area contributed by atoms with Crippen LogP contribution in [0, 0.1) is 15.3 Å². The van der Waals surface area contributed by atoms with Gasteiger partial charge in [0, 0.05) is 0 Å². The van der Waals surface area contributed by atoms with Crippen LogP contribution in [0.1, 0.15) is 0 Å². The van der Waals surface area contributed by atoms with Crippen LogP contribution in [-0.2, 0) is 22.4 Å². The molecule has 5 nitrogen and oxygen atoms in total. The van der Waals surface area contributed by atoms with Gasteiger partial charge in [-0.1, -0.05) is 12.2 Å². The van der Waals surface area contributed by atoms with E-state index in [1.54, 1.807) is 0 Å². The third kappa shape index (κ3) is 269. The van der Waals surface area contributed by atoms with E-state index in [-0.39, 0.29) is 73.8 Å². The van der Waals surface area contributed by atoms with Gasteiger partial charge in [0.15, 0.2) is 0 Å². The monoisotopic (exact) mass is 266 g/mol. The predicted octanol–water partition coefficient (Wildman–Crippen LogP) is -2.58. The molecule has 0 N–H and O–H groups in total. The molecule has 0 aromatic heterocycles. The number of nitrogens with zero attached hydrogens (tertiary/aromatic N) is 2. The number of thiocarbonyl (C=S) groups is 1. The molecule has 0 aliphatic heterocycles. The van der Waals surface area contributed by atoms with Crippen molar-refractivity contribution >= 4 is 17.4 Å². The molecule has 0 unspecified atom stereocenters. The minimum atomic E-state index is -1.75. The van der Waals surface area contributed by atoms with E-state index in [4.69, 9.17) is 20.7 Å². The fraction of sp³-hybridized carbons (Fsp3) is 0. The SMILES string of the molecule is O=[N+]([O-])[O-].[Ag+].[K+].[N-]=C=S. The maximum atomic E-state index is 8.25. The zero-order valence-corrected chi connectivity index (χ0v) is 9.75. The molecule has 0 aromatic carbocycles. The molecule has 0 saturated carbocycles. The molecule has 0 aliphatic rings. The van der Waals surface area contributed by atoms with E-state index in [9.17, 15) is 0 Å². The quantitative estimate of drug-likeness (QED) is 0.158. The number of hydrogen-bond donors (Lipinski definition) is 0. The Morgan fingerprint density at radius 1 is 1.56 bits per heavy atom. The molecule has 0 heterocycles. The molecule has 50 valence electrons. The summed E-state index contributed by atoms with van der Waals surface area (Å²) >= 11 is 3.70. The molecular weight excluding hydrogens is 267 g/mol. The van der Waals surface area contributed by atoms with Gasteiger partial charge in [0.05, 0.1) is 5.09 Å². The van der Waals surface area contributed by atoms with Crippen LogP contribution in [0.25, 0.3) is 5.41 Å². The van der Waals surface area contributed by atoms with Crippen molar-refractivity contribution in [1.82, 2.24) is 0 Å². The van der Waals surface area contributed by atoms with E-state index in [1.807, 2.05) is 0 Å². The molecule has 0 bridgehead atoms. The second-order valence-corrected chi connectivity index (χ2v) is 0.497. The summed E-state index contributed by atoms with van der Waals surface area (Å²) in [7, 11) is 0. The van der Waals surface area contributed by atoms with Crippen LogP contribution in [0.15, 0.2) is 0 Å². The average Bonchev–Trinajstić information content (AvgIpc) is 1.33. The van der Waals surface area contributed by atoms with Gasteiger partial charge in [-0.15, -0.1) is 0 Å². The summed E-state index contributed by atoms with van der Waals surface area (Å²) in [6.45, 7) is 0. The molecule has 0 aromatic rings. The van der Waals surface area contributed by atoms with Crippen molar-refractivity contribution in [2.24, 2.45) is 0 Å². The zero-order valence-electron chi connectivity index (χ0n) is 4.33. The summed E-state index contributed by atoms with van der Waals surface area (Å²) in [5.41, 5.74) is 0. The van der Waals surface area contributed by atoms with E-state index in [1.165, 1.54) is 5.16 Å². The van der Waals surface area contributed by atoms with E-state index < -0.39 is 5.09 Å². The van der Waals surface area contributed by atoms with Crippen LogP contribution in [0.3, 0.4) is 0 Å². The van der Waals surface area contributed by atoms with Crippen molar-refractivity contribution < 1.29 is 78.9 Å². The number of hydrogen-bond acceptors (Lipinski definition) is 4. The van der Waals surface area contributed by atoms with Gasteiger partial charge in [-0.05, 0) is 0 Å². The maximum Gasteiger partial charge on any atom is 1.00 e. The van der Waals surface area contributed by atoms with Gasteiger partial charge in [0.25, 0.3) is 0 Å². The fourth-order valence-corrected chi connectivity index (χ4v) is 0. The summed E-state index contributed by atoms with van der Waals surface area (Å²) in [6, 6.07) is 0. The minimum Gasteiger partial charge on any atom is -0.753 e. The smallest absolute Gasteiger partial charge is 0.753 e. The second-order valence-electron chi connectivity index (χ2n) is 0.315. The average molecular weight is 267 g/mol. The molecule has 0 fully saturated rings. The normalized spacial score (nSPS) is 3.56. The van der Waals surface area contributed by atoms with Crippen molar-refractivity contribution in [2.75, 3.05) is 0 Å². The molecule has 0 aliphatic carbocycles. The second kappa shape index (κ2) is 22.8. The molecule has 0 spiro atoms. The summed E-state index contributed by atoms with van der Waals surface area (Å²) in [6.07, 6.45) is 0. The Bertz CT molecular complexity index is 89.8. The molecule has 9 heavy (non-hydrogen) atoms. The third-order valence-electron chi connectivity index (χ3n) is 0. The van der Waals surface area contributed by atoms with Gasteiger partial charge in [-0.25, -0.2) is 0 Å². The molecule has 0 atom stereocenters. The Morgan fingerprint density at radius 2 is 1.56 bits per heavy atom. The van der Waals surface area contributed by atoms with Gasteiger partial charge in [-0.2, -0.15) is 5.16 Å². The first-order chi connectivity index (χ1) is 3.15. The zero-order chi connectivity index (χ0) is 6.28. The van der Waals surface area contributed by atoms with Crippen LogP contribution in [0.2, 0.25) is 0 Å². The van der Waals surface area contributed by atoms with E-state index in [2.05, 4.69) is 12.2 Å². The molecule has 8 heteroatoms. The Hall–Kier alpha value is 1.38. The maximum absolute atomic E-state index is 8.25. The van der Waals surface area contributed by atoms with Gasteiger partial charge in [-0.3, -0.25) is 0 Å². The van der Waals surface area contributed by atoms with Crippen molar-refractivity contribution in [3.63, 3.8) is 0 Å². The van der Waals surface area contributed by atoms with Gasteiger partial charge >= 0.3 is 73.8 Å². The fourth-order valence-electron chi connectivity index (χ4n) is 0. The van der Waals surface area contributed by atoms with Gasteiger partial charge in [0.1, 0.15) is 0 Å². The summed E-state index contributed by atoms with van der Waals surface area (Å²) in [5, 5.41) is 23.2. The van der Waals surface area contributed by atoms with Crippen LogP contribution >= 0.6 is 12.2 Å². The molecule has 0 radical (unpaired) electrons. The van der Waals surface area contributed by atoms with E-state index >= 15 is 0 Å². The van der Waals surface area contributed by atoms with Crippen LogP contribution < -0.4 is 51.4 Å². The first-order valence-corrected chi connectivity index (χ1v) is 1.38. The van der Waals surface area contributed by atoms with Gasteiger partial charge < -0.3 is 20.7 Å².